The Morgan fingerprint density at radius 3 is 2.33 bits per heavy atom. The number of ether oxygens (including phenoxy) is 3. The van der Waals surface area contributed by atoms with E-state index in [0.717, 1.165) is 16.7 Å². The molecule has 5 nitrogen and oxygen atoms in total. The van der Waals surface area contributed by atoms with Crippen molar-refractivity contribution >= 4 is 34.2 Å². The molecule has 4 rings (SSSR count). The molecule has 0 bridgehead atoms. The first-order valence-corrected chi connectivity index (χ1v) is 10.9. The van der Waals surface area contributed by atoms with E-state index in [2.05, 4.69) is 0 Å². The van der Waals surface area contributed by atoms with Gasteiger partial charge in [-0.3, -0.25) is 4.79 Å². The van der Waals surface area contributed by atoms with Gasteiger partial charge < -0.3 is 18.6 Å². The van der Waals surface area contributed by atoms with Gasteiger partial charge in [-0.1, -0.05) is 35.3 Å². The van der Waals surface area contributed by atoms with Crippen LogP contribution in [0.1, 0.15) is 16.7 Å². The first-order valence-electron chi connectivity index (χ1n) is 10.2. The maximum atomic E-state index is 13.6. The number of hydrogen-bond donors (Lipinski definition) is 0. The fourth-order valence-corrected chi connectivity index (χ4v) is 4.04. The minimum atomic E-state index is -0.257. The molecule has 0 aliphatic carbocycles. The van der Waals surface area contributed by atoms with Gasteiger partial charge in [-0.15, -0.1) is 0 Å². The highest BCUT2D eigenvalue weighted by molar-refractivity contribution is 6.42. The summed E-state index contributed by atoms with van der Waals surface area (Å²) in [5, 5.41) is 1.32. The molecule has 0 radical (unpaired) electrons. The Morgan fingerprint density at radius 2 is 1.64 bits per heavy atom. The summed E-state index contributed by atoms with van der Waals surface area (Å²) in [6, 6.07) is 14.3. The summed E-state index contributed by atoms with van der Waals surface area (Å²) in [4.78, 5) is 13.6. The van der Waals surface area contributed by atoms with Gasteiger partial charge in [-0.25, -0.2) is 0 Å². The fourth-order valence-electron chi connectivity index (χ4n) is 3.72. The average molecular weight is 485 g/mol. The second-order valence-corrected chi connectivity index (χ2v) is 8.47. The molecule has 0 aliphatic heterocycles. The number of rotatable bonds is 6. The maximum Gasteiger partial charge on any atom is 0.235 e. The Morgan fingerprint density at radius 1 is 0.879 bits per heavy atom. The van der Waals surface area contributed by atoms with Crippen LogP contribution >= 0.6 is 23.2 Å². The number of fused-ring (bicyclic) bond motifs is 1. The Bertz CT molecular complexity index is 1410. The van der Waals surface area contributed by atoms with Gasteiger partial charge in [0.25, 0.3) is 0 Å². The Hall–Kier alpha value is -3.15. The summed E-state index contributed by atoms with van der Waals surface area (Å²) in [5.41, 5.74) is 3.46. The lowest BCUT2D eigenvalue weighted by Gasteiger charge is -2.15. The van der Waals surface area contributed by atoms with Crippen molar-refractivity contribution in [3.05, 3.63) is 85.5 Å². The lowest BCUT2D eigenvalue weighted by Crippen LogP contribution is -2.11. The lowest BCUT2D eigenvalue weighted by atomic mass is 10.0. The highest BCUT2D eigenvalue weighted by Crippen LogP contribution is 2.37. The molecule has 1 heterocycles. The Labute approximate surface area is 201 Å². The van der Waals surface area contributed by atoms with E-state index in [9.17, 15) is 4.79 Å². The molecular formula is C26H22Cl2O5. The van der Waals surface area contributed by atoms with Crippen molar-refractivity contribution in [1.29, 1.82) is 0 Å². The van der Waals surface area contributed by atoms with Crippen LogP contribution in [0.3, 0.4) is 0 Å². The number of hydrogen-bond acceptors (Lipinski definition) is 5. The van der Waals surface area contributed by atoms with Crippen LogP contribution in [0.4, 0.5) is 0 Å². The standard InChI is InChI=1S/C26H22Cl2O5/c1-14-9-15(2)24-18(10-14)23(29)26(32-13-16-5-7-19(27)20(28)11-16)25(33-24)17-6-8-21(30-3)22(12-17)31-4/h5-12H,13H2,1-4H3. The highest BCUT2D eigenvalue weighted by Gasteiger charge is 2.21. The van der Waals surface area contributed by atoms with Crippen molar-refractivity contribution in [1.82, 2.24) is 0 Å². The molecule has 4 aromatic rings. The van der Waals surface area contributed by atoms with Gasteiger partial charge in [-0.2, -0.15) is 0 Å². The van der Waals surface area contributed by atoms with E-state index in [1.54, 1.807) is 56.7 Å². The van der Waals surface area contributed by atoms with Crippen molar-refractivity contribution in [2.24, 2.45) is 0 Å². The molecule has 0 fully saturated rings. The first kappa shape index (κ1) is 23.0. The molecule has 33 heavy (non-hydrogen) atoms. The molecule has 0 aliphatic rings. The van der Waals surface area contributed by atoms with Crippen molar-refractivity contribution in [2.75, 3.05) is 14.2 Å². The normalized spacial score (nSPS) is 11.0. The van der Waals surface area contributed by atoms with Gasteiger partial charge in [-0.05, 0) is 66.9 Å². The average Bonchev–Trinajstić information content (AvgIpc) is 2.80. The molecule has 0 unspecified atom stereocenters. The molecule has 0 N–H and O–H groups in total. The number of aryl methyl sites for hydroxylation is 2. The number of halogens is 2. The molecule has 1 aromatic heterocycles. The van der Waals surface area contributed by atoms with Crippen molar-refractivity contribution in [2.45, 2.75) is 20.5 Å². The molecule has 0 saturated heterocycles. The summed E-state index contributed by atoms with van der Waals surface area (Å²) < 4.78 is 23.1. The zero-order chi connectivity index (χ0) is 23.7. The summed E-state index contributed by atoms with van der Waals surface area (Å²) in [5.74, 6) is 1.48. The van der Waals surface area contributed by atoms with Crippen LogP contribution in [0.2, 0.25) is 10.0 Å². The molecule has 0 amide bonds. The van der Waals surface area contributed by atoms with Crippen LogP contribution < -0.4 is 19.6 Å². The SMILES string of the molecule is COc1ccc(-c2oc3c(C)cc(C)cc3c(=O)c2OCc2ccc(Cl)c(Cl)c2)cc1OC. The maximum absolute atomic E-state index is 13.6. The summed E-state index contributed by atoms with van der Waals surface area (Å²) in [6.45, 7) is 3.95. The van der Waals surface area contributed by atoms with Gasteiger partial charge in [0.2, 0.25) is 11.2 Å². The van der Waals surface area contributed by atoms with Gasteiger partial charge in [0.05, 0.1) is 29.7 Å². The lowest BCUT2D eigenvalue weighted by molar-refractivity contribution is 0.297. The predicted molar refractivity (Wildman–Crippen MR) is 131 cm³/mol. The Balaban J connectivity index is 1.90. The van der Waals surface area contributed by atoms with Crippen LogP contribution in [0.5, 0.6) is 17.2 Å². The van der Waals surface area contributed by atoms with E-state index in [1.165, 1.54) is 0 Å². The topological polar surface area (TPSA) is 57.9 Å². The zero-order valence-corrected chi connectivity index (χ0v) is 20.1. The molecule has 0 spiro atoms. The quantitative estimate of drug-likeness (QED) is 0.295. The minimum Gasteiger partial charge on any atom is -0.493 e. The molecule has 7 heteroatoms. The van der Waals surface area contributed by atoms with E-state index in [4.69, 9.17) is 41.8 Å². The third kappa shape index (κ3) is 4.52. The van der Waals surface area contributed by atoms with Crippen LogP contribution in [0, 0.1) is 13.8 Å². The van der Waals surface area contributed by atoms with E-state index >= 15 is 0 Å². The molecule has 0 atom stereocenters. The zero-order valence-electron chi connectivity index (χ0n) is 18.6. The largest absolute Gasteiger partial charge is 0.493 e. The molecule has 3 aromatic carbocycles. The molecule has 170 valence electrons. The van der Waals surface area contributed by atoms with Crippen molar-refractivity contribution in [3.63, 3.8) is 0 Å². The third-order valence-electron chi connectivity index (χ3n) is 5.29. The second kappa shape index (κ2) is 9.38. The van der Waals surface area contributed by atoms with E-state index < -0.39 is 0 Å². The number of methoxy groups -OCH3 is 2. The van der Waals surface area contributed by atoms with Crippen molar-refractivity contribution < 1.29 is 18.6 Å². The molecular weight excluding hydrogens is 463 g/mol. The van der Waals surface area contributed by atoms with E-state index in [1.807, 2.05) is 19.9 Å². The van der Waals surface area contributed by atoms with Gasteiger partial charge in [0.15, 0.2) is 17.3 Å². The predicted octanol–water partition coefficient (Wildman–Crippen LogP) is 6.98. The fraction of sp³-hybridized carbons (Fsp3) is 0.192. The monoisotopic (exact) mass is 484 g/mol. The van der Waals surface area contributed by atoms with Crippen LogP contribution in [-0.2, 0) is 6.61 Å². The summed E-state index contributed by atoms with van der Waals surface area (Å²) in [6.07, 6.45) is 0. The summed E-state index contributed by atoms with van der Waals surface area (Å²) in [7, 11) is 3.11. The van der Waals surface area contributed by atoms with Gasteiger partial charge in [0, 0.05) is 5.56 Å². The third-order valence-corrected chi connectivity index (χ3v) is 6.03. The summed E-state index contributed by atoms with van der Waals surface area (Å²) >= 11 is 12.2. The smallest absolute Gasteiger partial charge is 0.235 e. The van der Waals surface area contributed by atoms with Gasteiger partial charge >= 0.3 is 0 Å². The van der Waals surface area contributed by atoms with Crippen LogP contribution in [0.15, 0.2) is 57.7 Å². The van der Waals surface area contributed by atoms with E-state index in [0.29, 0.717) is 43.8 Å². The van der Waals surface area contributed by atoms with Crippen LogP contribution in [0.25, 0.3) is 22.3 Å². The minimum absolute atomic E-state index is 0.103. The van der Waals surface area contributed by atoms with Crippen molar-refractivity contribution in [3.8, 4) is 28.6 Å². The molecule has 0 saturated carbocycles. The van der Waals surface area contributed by atoms with E-state index in [-0.39, 0.29) is 17.8 Å². The highest BCUT2D eigenvalue weighted by atomic mass is 35.5. The number of benzene rings is 3. The first-order chi connectivity index (χ1) is 15.8. The Kier molecular flexibility index (Phi) is 6.54. The second-order valence-electron chi connectivity index (χ2n) is 7.65. The van der Waals surface area contributed by atoms with Crippen LogP contribution in [-0.4, -0.2) is 14.2 Å². The van der Waals surface area contributed by atoms with Gasteiger partial charge in [0.1, 0.15) is 12.2 Å².